The summed E-state index contributed by atoms with van der Waals surface area (Å²) in [4.78, 5) is 0. The Kier molecular flexibility index (Phi) is 3.72. The Morgan fingerprint density at radius 1 is 1.13 bits per heavy atom. The molecule has 0 heterocycles. The van der Waals surface area contributed by atoms with Crippen molar-refractivity contribution in [2.75, 3.05) is 7.11 Å². The molecule has 0 aromatic heterocycles. The Morgan fingerprint density at radius 3 is 1.53 bits per heavy atom. The highest BCUT2D eigenvalue weighted by atomic mass is 32.4. The fourth-order valence-electron chi connectivity index (χ4n) is 1.11. The molecular weight excluding hydrogens is 249 g/mol. The minimum Gasteiger partial charge on any atom is -0.279 e. The SMILES string of the molecule is COS(=O)(=O)[Si](C)(C(C)(C)C)C(F)(F)F. The first-order valence-electron chi connectivity index (χ1n) is 4.18. The largest absolute Gasteiger partial charge is 0.381 e. The van der Waals surface area contributed by atoms with Gasteiger partial charge in [0.25, 0.3) is 0 Å². The third-order valence-electron chi connectivity index (χ3n) is 2.69. The predicted octanol–water partition coefficient (Wildman–Crippen LogP) is 2.44. The number of rotatable bonds is 2. The van der Waals surface area contributed by atoms with E-state index in [0.29, 0.717) is 0 Å². The molecule has 0 N–H and O–H groups in total. The van der Waals surface area contributed by atoms with Crippen molar-refractivity contribution >= 4 is 16.8 Å². The molecular formula is C7H15F3O3SSi. The highest BCUT2D eigenvalue weighted by Gasteiger charge is 2.70. The lowest BCUT2D eigenvalue weighted by atomic mass is 10.2. The summed E-state index contributed by atoms with van der Waals surface area (Å²) in [5.74, 6) is -4.75. The van der Waals surface area contributed by atoms with E-state index in [2.05, 4.69) is 4.18 Å². The second-order valence-corrected chi connectivity index (χ2v) is 13.7. The van der Waals surface area contributed by atoms with Crippen molar-refractivity contribution in [1.29, 1.82) is 0 Å². The molecule has 0 spiro atoms. The Bertz CT molecular complexity index is 314. The summed E-state index contributed by atoms with van der Waals surface area (Å²) in [5, 5.41) is -1.37. The van der Waals surface area contributed by atoms with E-state index in [1.807, 2.05) is 0 Å². The van der Waals surface area contributed by atoms with Crippen LogP contribution in [-0.4, -0.2) is 28.6 Å². The fourth-order valence-corrected chi connectivity index (χ4v) is 7.43. The lowest BCUT2D eigenvalue weighted by molar-refractivity contribution is -0.0565. The van der Waals surface area contributed by atoms with E-state index in [4.69, 9.17) is 0 Å². The predicted molar refractivity (Wildman–Crippen MR) is 53.3 cm³/mol. The van der Waals surface area contributed by atoms with Crippen LogP contribution in [0.15, 0.2) is 0 Å². The van der Waals surface area contributed by atoms with Gasteiger partial charge < -0.3 is 0 Å². The summed E-state index contributed by atoms with van der Waals surface area (Å²) in [6.45, 7) is 4.57. The molecule has 8 heteroatoms. The molecule has 0 saturated heterocycles. The summed E-state index contributed by atoms with van der Waals surface area (Å²) in [6, 6.07) is 0. The van der Waals surface area contributed by atoms with Gasteiger partial charge in [-0.3, -0.25) is 4.18 Å². The van der Waals surface area contributed by atoms with Gasteiger partial charge in [0.15, 0.2) is 0 Å². The molecule has 0 aliphatic rings. The minimum absolute atomic E-state index is 0.762. The summed E-state index contributed by atoms with van der Waals surface area (Å²) in [7, 11) is -8.43. The molecule has 0 aromatic rings. The van der Waals surface area contributed by atoms with Crippen LogP contribution < -0.4 is 0 Å². The molecule has 0 amide bonds. The van der Waals surface area contributed by atoms with E-state index < -0.39 is 27.6 Å². The molecule has 92 valence electrons. The van der Waals surface area contributed by atoms with E-state index in [1.165, 1.54) is 20.8 Å². The van der Waals surface area contributed by atoms with Crippen LogP contribution in [0.1, 0.15) is 20.8 Å². The standard InChI is InChI=1S/C7H15F3O3SSi/c1-6(2,3)15(5,7(8,9)10)14(11,12)13-4/h1-5H3. The maximum absolute atomic E-state index is 12.9. The van der Waals surface area contributed by atoms with Gasteiger partial charge in [0.05, 0.1) is 7.11 Å². The van der Waals surface area contributed by atoms with Gasteiger partial charge in [0, 0.05) is 0 Å². The van der Waals surface area contributed by atoms with E-state index in [1.54, 1.807) is 0 Å². The van der Waals surface area contributed by atoms with Crippen LogP contribution >= 0.6 is 0 Å². The minimum atomic E-state index is -4.75. The summed E-state index contributed by atoms with van der Waals surface area (Å²) >= 11 is 0. The molecule has 1 atom stereocenters. The van der Waals surface area contributed by atoms with Gasteiger partial charge in [-0.05, 0) is 11.6 Å². The molecule has 0 saturated carbocycles. The molecule has 1 unspecified atom stereocenters. The van der Waals surface area contributed by atoms with Crippen LogP contribution in [-0.2, 0) is 13.8 Å². The number of hydrogen-bond donors (Lipinski definition) is 0. The van der Waals surface area contributed by atoms with Crippen LogP contribution in [0.4, 0.5) is 13.2 Å². The number of hydrogen-bond acceptors (Lipinski definition) is 3. The summed E-state index contributed by atoms with van der Waals surface area (Å²) in [5.41, 5.74) is 0. The molecule has 3 nitrogen and oxygen atoms in total. The third kappa shape index (κ3) is 2.21. The zero-order chi connectivity index (χ0) is 12.7. The van der Waals surface area contributed by atoms with Gasteiger partial charge in [-0.25, -0.2) is 8.42 Å². The molecule has 0 fully saturated rings. The number of halogens is 3. The van der Waals surface area contributed by atoms with Crippen molar-refractivity contribution in [3.63, 3.8) is 0 Å². The Balaban J connectivity index is 5.89. The molecule has 0 rings (SSSR count). The van der Waals surface area contributed by atoms with Crippen LogP contribution in [0.25, 0.3) is 0 Å². The zero-order valence-electron chi connectivity index (χ0n) is 9.27. The zero-order valence-corrected chi connectivity index (χ0v) is 11.1. The van der Waals surface area contributed by atoms with E-state index >= 15 is 0 Å². The van der Waals surface area contributed by atoms with Crippen molar-refractivity contribution < 1.29 is 25.8 Å². The first kappa shape index (κ1) is 14.9. The van der Waals surface area contributed by atoms with Crippen LogP contribution in [0.5, 0.6) is 0 Å². The van der Waals surface area contributed by atoms with Gasteiger partial charge in [-0.2, -0.15) is 13.2 Å². The molecule has 15 heavy (non-hydrogen) atoms. The quantitative estimate of drug-likeness (QED) is 0.719. The fraction of sp³-hybridized carbons (Fsp3) is 1.00. The second-order valence-electron chi connectivity index (χ2n) is 4.40. The molecule has 0 aromatic carbocycles. The van der Waals surface area contributed by atoms with E-state index in [0.717, 1.165) is 13.7 Å². The molecule has 0 bridgehead atoms. The first-order chi connectivity index (χ1) is 6.31. The van der Waals surface area contributed by atoms with Crippen molar-refractivity contribution in [3.8, 4) is 0 Å². The monoisotopic (exact) mass is 264 g/mol. The van der Waals surface area contributed by atoms with Crippen LogP contribution in [0.3, 0.4) is 0 Å². The van der Waals surface area contributed by atoms with Crippen molar-refractivity contribution in [1.82, 2.24) is 0 Å². The Hall–Kier alpha value is -0.0831. The van der Waals surface area contributed by atoms with Crippen LogP contribution in [0.2, 0.25) is 11.6 Å². The molecule has 0 aliphatic carbocycles. The second kappa shape index (κ2) is 3.74. The van der Waals surface area contributed by atoms with Crippen molar-refractivity contribution in [2.24, 2.45) is 0 Å². The highest BCUT2D eigenvalue weighted by Crippen LogP contribution is 2.49. The Morgan fingerprint density at radius 2 is 1.47 bits per heavy atom. The lowest BCUT2D eigenvalue weighted by Gasteiger charge is -2.37. The van der Waals surface area contributed by atoms with Crippen molar-refractivity contribution in [3.05, 3.63) is 0 Å². The smallest absolute Gasteiger partial charge is 0.279 e. The third-order valence-corrected chi connectivity index (χ3v) is 14.1. The van der Waals surface area contributed by atoms with Gasteiger partial charge >= 0.3 is 13.0 Å². The maximum Gasteiger partial charge on any atom is 0.381 e. The van der Waals surface area contributed by atoms with Gasteiger partial charge in [-0.15, -0.1) is 0 Å². The topological polar surface area (TPSA) is 43.4 Å². The van der Waals surface area contributed by atoms with Gasteiger partial charge in [-0.1, -0.05) is 20.8 Å². The van der Waals surface area contributed by atoms with E-state index in [-0.39, 0.29) is 0 Å². The number of alkyl halides is 3. The Labute approximate surface area is 88.4 Å². The summed E-state index contributed by atoms with van der Waals surface area (Å²) < 4.78 is 65.6. The maximum atomic E-state index is 12.9. The summed E-state index contributed by atoms with van der Waals surface area (Å²) in [6.07, 6.45) is 0. The molecule has 0 aliphatic heterocycles. The van der Waals surface area contributed by atoms with Crippen molar-refractivity contribution in [2.45, 2.75) is 38.2 Å². The van der Waals surface area contributed by atoms with Gasteiger partial charge in [0.1, 0.15) is 0 Å². The average molecular weight is 264 g/mol. The van der Waals surface area contributed by atoms with Gasteiger partial charge in [0.2, 0.25) is 9.57 Å². The normalized spacial score (nSPS) is 18.7. The lowest BCUT2D eigenvalue weighted by Crippen LogP contribution is -2.61. The van der Waals surface area contributed by atoms with Crippen LogP contribution in [0, 0.1) is 0 Å². The highest BCUT2D eigenvalue weighted by molar-refractivity contribution is 8.19. The van der Waals surface area contributed by atoms with E-state index in [9.17, 15) is 21.6 Å². The molecule has 0 radical (unpaired) electrons. The average Bonchev–Trinajstić information content (AvgIpc) is 1.98. The first-order valence-corrected chi connectivity index (χ1v) is 8.81.